The summed E-state index contributed by atoms with van der Waals surface area (Å²) in [6.45, 7) is 5.15. The number of carbonyl (C=O) groups is 2. The molecule has 28 heavy (non-hydrogen) atoms. The lowest BCUT2D eigenvalue weighted by atomic mass is 10.1. The molecule has 0 saturated carbocycles. The standard InChI is InChI=1S/C19H23N3O5S/c1-4-22(5-2)28(26,27)17-10-11-19(25)21(12-17)13-18(24)20-16-8-6-15(7-9-16)14(3)23/h6-12H,4-5,13H2,1-3H3,(H,20,24). The quantitative estimate of drug-likeness (QED) is 0.673. The summed E-state index contributed by atoms with van der Waals surface area (Å²) in [5.74, 6) is -0.578. The first-order valence-electron chi connectivity index (χ1n) is 8.80. The van der Waals surface area contributed by atoms with Gasteiger partial charge in [0, 0.05) is 36.6 Å². The highest BCUT2D eigenvalue weighted by atomic mass is 32.2. The fraction of sp³-hybridized carbons (Fsp3) is 0.316. The Bertz CT molecular complexity index is 1020. The third kappa shape index (κ3) is 4.93. The number of nitrogens with one attached hydrogen (secondary N) is 1. The van der Waals surface area contributed by atoms with Gasteiger partial charge in [0.2, 0.25) is 15.9 Å². The van der Waals surface area contributed by atoms with Gasteiger partial charge in [-0.3, -0.25) is 14.4 Å². The zero-order valence-corrected chi connectivity index (χ0v) is 16.8. The van der Waals surface area contributed by atoms with Gasteiger partial charge in [-0.25, -0.2) is 8.42 Å². The van der Waals surface area contributed by atoms with Gasteiger partial charge in [0.05, 0.1) is 4.90 Å². The number of rotatable bonds is 8. The second kappa shape index (κ2) is 8.94. The average Bonchev–Trinajstić information content (AvgIpc) is 2.64. The number of anilines is 1. The number of aromatic nitrogens is 1. The van der Waals surface area contributed by atoms with Gasteiger partial charge in [0.1, 0.15) is 6.54 Å². The monoisotopic (exact) mass is 405 g/mol. The van der Waals surface area contributed by atoms with Gasteiger partial charge < -0.3 is 9.88 Å². The van der Waals surface area contributed by atoms with E-state index < -0.39 is 21.5 Å². The third-order valence-corrected chi connectivity index (χ3v) is 6.22. The Morgan fingerprint density at radius 2 is 1.64 bits per heavy atom. The van der Waals surface area contributed by atoms with Gasteiger partial charge in [0.25, 0.3) is 5.56 Å². The lowest BCUT2D eigenvalue weighted by molar-refractivity contribution is -0.116. The molecule has 0 radical (unpaired) electrons. The zero-order chi connectivity index (χ0) is 20.9. The largest absolute Gasteiger partial charge is 0.325 e. The first-order chi connectivity index (χ1) is 13.2. The lowest BCUT2D eigenvalue weighted by Gasteiger charge is -2.19. The molecular formula is C19H23N3O5S. The second-order valence-corrected chi connectivity index (χ2v) is 8.04. The zero-order valence-electron chi connectivity index (χ0n) is 16.0. The minimum atomic E-state index is -3.74. The summed E-state index contributed by atoms with van der Waals surface area (Å²) in [5.41, 5.74) is 0.499. The van der Waals surface area contributed by atoms with Crippen molar-refractivity contribution in [2.45, 2.75) is 32.2 Å². The fourth-order valence-corrected chi connectivity index (χ4v) is 4.12. The molecule has 1 amide bonds. The molecule has 0 bridgehead atoms. The summed E-state index contributed by atoms with van der Waals surface area (Å²) in [7, 11) is -3.74. The van der Waals surface area contributed by atoms with Crippen molar-refractivity contribution < 1.29 is 18.0 Å². The summed E-state index contributed by atoms with van der Waals surface area (Å²) in [6, 6.07) is 8.70. The Morgan fingerprint density at radius 3 is 2.18 bits per heavy atom. The van der Waals surface area contributed by atoms with Gasteiger partial charge in [-0.2, -0.15) is 4.31 Å². The van der Waals surface area contributed by atoms with Crippen LogP contribution < -0.4 is 10.9 Å². The fourth-order valence-electron chi connectivity index (χ4n) is 2.64. The Labute approximate surface area is 163 Å². The van der Waals surface area contributed by atoms with E-state index in [-0.39, 0.29) is 17.2 Å². The Kier molecular flexibility index (Phi) is 6.87. The number of carbonyl (C=O) groups excluding carboxylic acids is 2. The van der Waals surface area contributed by atoms with E-state index in [0.717, 1.165) is 10.6 Å². The van der Waals surface area contributed by atoms with Gasteiger partial charge >= 0.3 is 0 Å². The number of nitrogens with zero attached hydrogens (tertiary/aromatic N) is 2. The van der Waals surface area contributed by atoms with Gasteiger partial charge in [0.15, 0.2) is 5.78 Å². The highest BCUT2D eigenvalue weighted by Gasteiger charge is 2.22. The molecule has 150 valence electrons. The molecule has 1 aromatic heterocycles. The van der Waals surface area contributed by atoms with Crippen molar-refractivity contribution in [2.24, 2.45) is 0 Å². The van der Waals surface area contributed by atoms with Crippen molar-refractivity contribution in [1.29, 1.82) is 0 Å². The van der Waals surface area contributed by atoms with E-state index in [1.54, 1.807) is 38.1 Å². The third-order valence-electron chi connectivity index (χ3n) is 4.19. The van der Waals surface area contributed by atoms with Crippen LogP contribution in [-0.4, -0.2) is 42.1 Å². The topological polar surface area (TPSA) is 106 Å². The first-order valence-corrected chi connectivity index (χ1v) is 10.2. The first kappa shape index (κ1) is 21.5. The summed E-state index contributed by atoms with van der Waals surface area (Å²) in [6.07, 6.45) is 1.18. The molecule has 8 nitrogen and oxygen atoms in total. The molecule has 0 aliphatic rings. The van der Waals surface area contributed by atoms with Crippen LogP contribution in [-0.2, 0) is 21.4 Å². The van der Waals surface area contributed by atoms with E-state index >= 15 is 0 Å². The molecule has 2 aromatic rings. The van der Waals surface area contributed by atoms with Crippen LogP contribution in [0.5, 0.6) is 0 Å². The molecule has 0 fully saturated rings. The van der Waals surface area contributed by atoms with Crippen LogP contribution in [0.25, 0.3) is 0 Å². The van der Waals surface area contributed by atoms with Crippen molar-refractivity contribution in [2.75, 3.05) is 18.4 Å². The number of pyridine rings is 1. The molecule has 0 unspecified atom stereocenters. The molecule has 1 N–H and O–H groups in total. The maximum atomic E-state index is 12.6. The molecule has 0 saturated heterocycles. The maximum Gasteiger partial charge on any atom is 0.251 e. The van der Waals surface area contributed by atoms with E-state index in [1.807, 2.05) is 0 Å². The van der Waals surface area contributed by atoms with Crippen LogP contribution in [0.1, 0.15) is 31.1 Å². The molecule has 0 spiro atoms. The van der Waals surface area contributed by atoms with Crippen LogP contribution in [0.15, 0.2) is 52.3 Å². The van der Waals surface area contributed by atoms with Crippen molar-refractivity contribution >= 4 is 27.4 Å². The smallest absolute Gasteiger partial charge is 0.251 e. The number of sulfonamides is 1. The minimum absolute atomic E-state index is 0.0468. The van der Waals surface area contributed by atoms with Crippen LogP contribution in [0.4, 0.5) is 5.69 Å². The second-order valence-electron chi connectivity index (χ2n) is 6.10. The maximum absolute atomic E-state index is 12.6. The predicted molar refractivity (Wildman–Crippen MR) is 106 cm³/mol. The normalized spacial score (nSPS) is 11.4. The van der Waals surface area contributed by atoms with Crippen LogP contribution in [0, 0.1) is 0 Å². The van der Waals surface area contributed by atoms with Gasteiger partial charge in [-0.15, -0.1) is 0 Å². The number of hydrogen-bond donors (Lipinski definition) is 1. The number of hydrogen-bond acceptors (Lipinski definition) is 5. The molecule has 1 aromatic carbocycles. The molecular weight excluding hydrogens is 382 g/mol. The van der Waals surface area contributed by atoms with E-state index in [0.29, 0.717) is 24.3 Å². The number of Topliss-reactive ketones (excluding diaryl/α,β-unsaturated/α-hetero) is 1. The van der Waals surface area contributed by atoms with Crippen molar-refractivity contribution in [3.05, 3.63) is 58.5 Å². The number of amides is 1. The molecule has 2 rings (SSSR count). The molecule has 9 heteroatoms. The van der Waals surface area contributed by atoms with E-state index in [1.165, 1.54) is 23.5 Å². The lowest BCUT2D eigenvalue weighted by Crippen LogP contribution is -2.33. The Balaban J connectivity index is 2.20. The van der Waals surface area contributed by atoms with Crippen molar-refractivity contribution in [3.8, 4) is 0 Å². The molecule has 0 aliphatic carbocycles. The highest BCUT2D eigenvalue weighted by Crippen LogP contribution is 2.14. The summed E-state index contributed by atoms with van der Waals surface area (Å²) in [5, 5.41) is 2.62. The summed E-state index contributed by atoms with van der Waals surface area (Å²) < 4.78 is 27.5. The Hall–Kier alpha value is -2.78. The summed E-state index contributed by atoms with van der Waals surface area (Å²) in [4.78, 5) is 35.6. The van der Waals surface area contributed by atoms with Crippen LogP contribution >= 0.6 is 0 Å². The summed E-state index contributed by atoms with van der Waals surface area (Å²) >= 11 is 0. The molecule has 0 aliphatic heterocycles. The van der Waals surface area contributed by atoms with E-state index in [9.17, 15) is 22.8 Å². The van der Waals surface area contributed by atoms with E-state index in [2.05, 4.69) is 5.32 Å². The van der Waals surface area contributed by atoms with Crippen molar-refractivity contribution in [3.63, 3.8) is 0 Å². The minimum Gasteiger partial charge on any atom is -0.325 e. The van der Waals surface area contributed by atoms with E-state index in [4.69, 9.17) is 0 Å². The van der Waals surface area contributed by atoms with Crippen LogP contribution in [0.3, 0.4) is 0 Å². The average molecular weight is 405 g/mol. The van der Waals surface area contributed by atoms with Gasteiger partial charge in [-0.1, -0.05) is 13.8 Å². The predicted octanol–water partition coefficient (Wildman–Crippen LogP) is 1.72. The van der Waals surface area contributed by atoms with Crippen LogP contribution in [0.2, 0.25) is 0 Å². The molecule has 0 atom stereocenters. The van der Waals surface area contributed by atoms with Gasteiger partial charge in [-0.05, 0) is 37.3 Å². The number of ketones is 1. The van der Waals surface area contributed by atoms with Crippen molar-refractivity contribution in [1.82, 2.24) is 8.87 Å². The highest BCUT2D eigenvalue weighted by molar-refractivity contribution is 7.89. The Morgan fingerprint density at radius 1 is 1.04 bits per heavy atom. The molecule has 1 heterocycles. The SMILES string of the molecule is CCN(CC)S(=O)(=O)c1ccc(=O)n(CC(=O)Nc2ccc(C(C)=O)cc2)c1. The number of benzene rings is 1.